The van der Waals surface area contributed by atoms with Crippen molar-refractivity contribution < 1.29 is 18.0 Å². The zero-order valence-corrected chi connectivity index (χ0v) is 21.1. The Morgan fingerprint density at radius 1 is 0.757 bits per heavy atom. The zero-order valence-electron chi connectivity index (χ0n) is 20.2. The Bertz CT molecular complexity index is 1460. The number of rotatable bonds is 9. The summed E-state index contributed by atoms with van der Waals surface area (Å²) in [6.45, 7) is 1.40. The smallest absolute Gasteiger partial charge is 0.264 e. The Kier molecular flexibility index (Phi) is 8.00. The summed E-state index contributed by atoms with van der Waals surface area (Å²) in [7, 11) is -4.02. The van der Waals surface area contributed by atoms with E-state index in [2.05, 4.69) is 10.6 Å². The van der Waals surface area contributed by atoms with E-state index >= 15 is 0 Å². The summed E-state index contributed by atoms with van der Waals surface area (Å²) in [5.74, 6) is -0.941. The van der Waals surface area contributed by atoms with Gasteiger partial charge in [0, 0.05) is 0 Å². The summed E-state index contributed by atoms with van der Waals surface area (Å²) in [6.07, 6.45) is 0. The van der Waals surface area contributed by atoms with Gasteiger partial charge in [0.15, 0.2) is 0 Å². The molecule has 2 N–H and O–H groups in total. The fraction of sp³-hybridized carbons (Fsp3) is 0.103. The number of carbonyl (C=O) groups is 2. The van der Waals surface area contributed by atoms with Crippen LogP contribution in [0.3, 0.4) is 0 Å². The second-order valence-electron chi connectivity index (χ2n) is 8.36. The maximum absolute atomic E-state index is 13.4. The first-order valence-electron chi connectivity index (χ1n) is 11.7. The van der Waals surface area contributed by atoms with Gasteiger partial charge in [-0.05, 0) is 48.9 Å². The van der Waals surface area contributed by atoms with E-state index in [1.807, 2.05) is 37.3 Å². The Balaban J connectivity index is 1.55. The molecule has 0 aliphatic carbocycles. The van der Waals surface area contributed by atoms with E-state index in [-0.39, 0.29) is 28.1 Å². The van der Waals surface area contributed by atoms with Gasteiger partial charge in [-0.1, -0.05) is 78.9 Å². The van der Waals surface area contributed by atoms with Gasteiger partial charge in [0.05, 0.1) is 27.9 Å². The lowest BCUT2D eigenvalue weighted by atomic mass is 10.1. The van der Waals surface area contributed by atoms with E-state index in [0.717, 1.165) is 9.87 Å². The Labute approximate surface area is 216 Å². The lowest BCUT2D eigenvalue weighted by Gasteiger charge is -2.24. The van der Waals surface area contributed by atoms with Crippen LogP contribution in [0.5, 0.6) is 0 Å². The average molecular weight is 514 g/mol. The van der Waals surface area contributed by atoms with Crippen LogP contribution in [0.1, 0.15) is 28.9 Å². The molecular weight excluding hydrogens is 486 g/mol. The summed E-state index contributed by atoms with van der Waals surface area (Å²) in [6, 6.07) is 32.3. The third-order valence-electron chi connectivity index (χ3n) is 5.76. The van der Waals surface area contributed by atoms with Crippen molar-refractivity contribution in [3.8, 4) is 0 Å². The Hall–Kier alpha value is -4.43. The lowest BCUT2D eigenvalue weighted by Crippen LogP contribution is -2.38. The zero-order chi connectivity index (χ0) is 26.3. The summed E-state index contributed by atoms with van der Waals surface area (Å²) in [5, 5.41) is 5.66. The average Bonchev–Trinajstić information content (AvgIpc) is 2.93. The third kappa shape index (κ3) is 6.23. The maximum atomic E-state index is 13.4. The minimum Gasteiger partial charge on any atom is -0.345 e. The van der Waals surface area contributed by atoms with E-state index in [1.165, 1.54) is 12.1 Å². The highest BCUT2D eigenvalue weighted by Crippen LogP contribution is 2.24. The molecule has 0 aliphatic rings. The van der Waals surface area contributed by atoms with Crippen LogP contribution in [0.25, 0.3) is 0 Å². The monoisotopic (exact) mass is 513 g/mol. The maximum Gasteiger partial charge on any atom is 0.264 e. The number of benzene rings is 4. The van der Waals surface area contributed by atoms with Crippen LogP contribution in [0.15, 0.2) is 120 Å². The molecule has 0 spiro atoms. The molecule has 0 fully saturated rings. The Morgan fingerprint density at radius 3 is 1.95 bits per heavy atom. The normalized spacial score (nSPS) is 11.8. The van der Waals surface area contributed by atoms with Crippen molar-refractivity contribution in [2.75, 3.05) is 16.2 Å². The van der Waals surface area contributed by atoms with Gasteiger partial charge in [-0.2, -0.15) is 0 Å². The Morgan fingerprint density at radius 2 is 1.30 bits per heavy atom. The van der Waals surface area contributed by atoms with Gasteiger partial charge in [-0.15, -0.1) is 0 Å². The minimum absolute atomic E-state index is 0.0707. The topological polar surface area (TPSA) is 95.6 Å². The van der Waals surface area contributed by atoms with Gasteiger partial charge in [-0.25, -0.2) is 8.42 Å². The van der Waals surface area contributed by atoms with Crippen molar-refractivity contribution >= 4 is 33.2 Å². The van der Waals surface area contributed by atoms with E-state index in [9.17, 15) is 18.0 Å². The number of sulfonamides is 1. The number of nitrogens with one attached hydrogen (secondary N) is 2. The van der Waals surface area contributed by atoms with Crippen LogP contribution in [0, 0.1) is 0 Å². The molecule has 0 saturated carbocycles. The van der Waals surface area contributed by atoms with Crippen molar-refractivity contribution in [2.45, 2.75) is 17.9 Å². The number of nitrogens with zero attached hydrogens (tertiary/aromatic N) is 1. The van der Waals surface area contributed by atoms with E-state index < -0.39 is 22.5 Å². The van der Waals surface area contributed by atoms with Gasteiger partial charge in [0.25, 0.3) is 15.9 Å². The van der Waals surface area contributed by atoms with Gasteiger partial charge in [0.1, 0.15) is 6.54 Å². The number of anilines is 2. The molecule has 0 saturated heterocycles. The molecule has 37 heavy (non-hydrogen) atoms. The molecule has 188 valence electrons. The molecule has 4 aromatic carbocycles. The van der Waals surface area contributed by atoms with Crippen molar-refractivity contribution in [3.63, 3.8) is 0 Å². The highest BCUT2D eigenvalue weighted by atomic mass is 32.2. The fourth-order valence-electron chi connectivity index (χ4n) is 3.84. The van der Waals surface area contributed by atoms with Gasteiger partial charge in [-0.3, -0.25) is 13.9 Å². The molecule has 0 aliphatic heterocycles. The van der Waals surface area contributed by atoms with Crippen LogP contribution in [-0.4, -0.2) is 26.8 Å². The van der Waals surface area contributed by atoms with Crippen LogP contribution >= 0.6 is 0 Å². The first-order valence-corrected chi connectivity index (χ1v) is 13.2. The number of carbonyl (C=O) groups excluding carboxylic acids is 2. The third-order valence-corrected chi connectivity index (χ3v) is 7.54. The first kappa shape index (κ1) is 25.7. The van der Waals surface area contributed by atoms with E-state index in [1.54, 1.807) is 72.8 Å². The molecular formula is C29H27N3O4S. The summed E-state index contributed by atoms with van der Waals surface area (Å²) < 4.78 is 27.9. The van der Waals surface area contributed by atoms with Crippen molar-refractivity contribution in [1.82, 2.24) is 5.32 Å². The molecule has 8 heteroatoms. The van der Waals surface area contributed by atoms with E-state index in [4.69, 9.17) is 0 Å². The highest BCUT2D eigenvalue weighted by Gasteiger charge is 2.27. The van der Waals surface area contributed by atoms with Crippen molar-refractivity contribution in [2.24, 2.45) is 0 Å². The molecule has 1 atom stereocenters. The molecule has 4 aromatic rings. The fourth-order valence-corrected chi connectivity index (χ4v) is 5.28. The second-order valence-corrected chi connectivity index (χ2v) is 10.2. The predicted octanol–water partition coefficient (Wildman–Crippen LogP) is 5.01. The SMILES string of the molecule is C[C@@H](NC(=O)c1ccccc1NC(=O)CN(c1ccccc1)S(=O)(=O)c1ccccc1)c1ccccc1. The summed E-state index contributed by atoms with van der Waals surface area (Å²) >= 11 is 0. The molecule has 0 radical (unpaired) electrons. The molecule has 7 nitrogen and oxygen atoms in total. The van der Waals surface area contributed by atoms with Crippen LogP contribution in [-0.2, 0) is 14.8 Å². The number of hydrogen-bond donors (Lipinski definition) is 2. The van der Waals surface area contributed by atoms with Crippen LogP contribution < -0.4 is 14.9 Å². The van der Waals surface area contributed by atoms with E-state index in [0.29, 0.717) is 5.69 Å². The quantitative estimate of drug-likeness (QED) is 0.329. The van der Waals surface area contributed by atoms with Crippen molar-refractivity contribution in [1.29, 1.82) is 0 Å². The first-order chi connectivity index (χ1) is 17.9. The van der Waals surface area contributed by atoms with Crippen LogP contribution in [0.2, 0.25) is 0 Å². The molecule has 0 aromatic heterocycles. The number of hydrogen-bond acceptors (Lipinski definition) is 4. The molecule has 0 heterocycles. The second kappa shape index (κ2) is 11.5. The lowest BCUT2D eigenvalue weighted by molar-refractivity contribution is -0.114. The van der Waals surface area contributed by atoms with Gasteiger partial charge >= 0.3 is 0 Å². The molecule has 0 bridgehead atoms. The van der Waals surface area contributed by atoms with Crippen molar-refractivity contribution in [3.05, 3.63) is 126 Å². The summed E-state index contributed by atoms with van der Waals surface area (Å²) in [4.78, 5) is 26.3. The van der Waals surface area contributed by atoms with Crippen LogP contribution in [0.4, 0.5) is 11.4 Å². The largest absolute Gasteiger partial charge is 0.345 e. The van der Waals surface area contributed by atoms with Gasteiger partial charge < -0.3 is 10.6 Å². The highest BCUT2D eigenvalue weighted by molar-refractivity contribution is 7.92. The summed E-state index contributed by atoms with van der Waals surface area (Å²) in [5.41, 5.74) is 1.86. The molecule has 0 unspecified atom stereocenters. The van der Waals surface area contributed by atoms with Gasteiger partial charge in [0.2, 0.25) is 5.91 Å². The molecule has 2 amide bonds. The standard InChI is InChI=1S/C29H27N3O4S/c1-22(23-13-5-2-6-14-23)30-29(34)26-19-11-12-20-27(26)31-28(33)21-32(24-15-7-3-8-16-24)37(35,36)25-17-9-4-10-18-25/h2-20,22H,21H2,1H3,(H,30,34)(H,31,33)/t22-/m1/s1. The number of amides is 2. The minimum atomic E-state index is -4.02. The number of para-hydroxylation sites is 2. The molecule has 4 rings (SSSR count). The predicted molar refractivity (Wildman–Crippen MR) is 145 cm³/mol.